The molecule has 0 spiro atoms. The van der Waals surface area contributed by atoms with Gasteiger partial charge in [-0.2, -0.15) is 0 Å². The van der Waals surface area contributed by atoms with Crippen LogP contribution in [0.15, 0.2) is 0 Å². The molecule has 0 rings (SSSR count). The van der Waals surface area contributed by atoms with E-state index in [2.05, 4.69) is 0 Å². The zero-order chi connectivity index (χ0) is 6.08. The molecule has 0 unspecified atom stereocenters. The molecule has 0 aromatic carbocycles. The van der Waals surface area contributed by atoms with Crippen molar-refractivity contribution in [2.75, 3.05) is 0 Å². The Hall–Kier alpha value is 2.13. The fourth-order valence-corrected chi connectivity index (χ4v) is 0. The van der Waals surface area contributed by atoms with Crippen molar-refractivity contribution < 1.29 is 13.2 Å². The second-order valence-electron chi connectivity index (χ2n) is 0.701. The Labute approximate surface area is 65.3 Å². The van der Waals surface area contributed by atoms with E-state index in [1.807, 2.05) is 0 Å². The summed E-state index contributed by atoms with van der Waals surface area (Å²) in [5.41, 5.74) is 0. The fraction of sp³-hybridized carbons (Fsp3) is 1.00. The molecule has 0 radical (unpaired) electrons. The Balaban J connectivity index is 3.54. The normalized spacial score (nSPS) is 12.9. The van der Waals surface area contributed by atoms with E-state index in [1.54, 1.807) is 0 Å². The molecular weight excluding hydrogens is 532 g/mol. The van der Waals surface area contributed by atoms with Crippen LogP contribution in [0.5, 0.6) is 0 Å². The van der Waals surface area contributed by atoms with Gasteiger partial charge in [0.1, 0.15) is 0 Å². The van der Waals surface area contributed by atoms with Crippen LogP contribution in [0.1, 0.15) is 0 Å². The second kappa shape index (κ2) is 3.34. The van der Waals surface area contributed by atoms with Gasteiger partial charge in [-0.3, -0.25) is 0 Å². The molecule has 0 atom stereocenters. The predicted molar refractivity (Wildman–Crippen MR) is 39.8 cm³/mol. The van der Waals surface area contributed by atoms with Crippen LogP contribution in [0.25, 0.3) is 0 Å². The van der Waals surface area contributed by atoms with Gasteiger partial charge in [0.15, 0.2) is 0 Å². The van der Waals surface area contributed by atoms with E-state index in [9.17, 15) is 13.2 Å². The molecule has 0 fully saturated rings. The topological polar surface area (TPSA) is 0 Å². The molecule has 0 aliphatic heterocycles. The van der Waals surface area contributed by atoms with Crippen LogP contribution in [0, 0.1) is 0 Å². The molecule has 0 aliphatic carbocycles. The minimum atomic E-state index is -3.82. The summed E-state index contributed by atoms with van der Waals surface area (Å²) >= 11 is 0.0702. The van der Waals surface area contributed by atoms with Gasteiger partial charge in [0, 0.05) is 0 Å². The van der Waals surface area contributed by atoms with E-state index in [4.69, 9.17) is 0 Å². The summed E-state index contributed by atoms with van der Waals surface area (Å²) in [5.74, 6) is 0. The van der Waals surface area contributed by atoms with Gasteiger partial charge >= 0.3 is 66.5 Å². The van der Waals surface area contributed by atoms with E-state index in [0.717, 1.165) is 0 Å². The summed E-state index contributed by atoms with van der Waals surface area (Å²) in [4.78, 5) is 0. The van der Waals surface area contributed by atoms with Gasteiger partial charge in [0.05, 0.1) is 0 Å². The molecule has 44 valence electrons. The average Bonchev–Trinajstić information content (AvgIpc) is 1.31. The zero-order valence-electron chi connectivity index (χ0n) is 2.84. The van der Waals surface area contributed by atoms with Crippen molar-refractivity contribution >= 4 is 49.5 Å². The standard InChI is InChI=1S/CF3.Bi.2HI/c2-1(3)4;;;/h;;2*1H/q;+2;;/p-2. The van der Waals surface area contributed by atoms with Crippen molar-refractivity contribution in [2.24, 2.45) is 0 Å². The van der Waals surface area contributed by atoms with Gasteiger partial charge in [0.25, 0.3) is 0 Å². The number of hydrogen-bond donors (Lipinski definition) is 0. The molecule has 0 saturated carbocycles. The molecule has 0 bridgehead atoms. The van der Waals surface area contributed by atoms with Crippen LogP contribution in [0.2, 0.25) is 0 Å². The van der Waals surface area contributed by atoms with Crippen molar-refractivity contribution in [2.45, 2.75) is 3.88 Å². The van der Waals surface area contributed by atoms with Crippen LogP contribution < -0.4 is 0 Å². The van der Waals surface area contributed by atoms with Gasteiger partial charge in [-0.1, -0.05) is 0 Å². The molecule has 7 heavy (non-hydrogen) atoms. The third-order valence-corrected chi connectivity index (χ3v) is 11.3. The van der Waals surface area contributed by atoms with Crippen molar-refractivity contribution in [1.82, 2.24) is 0 Å². The van der Waals surface area contributed by atoms with Gasteiger partial charge in [0.2, 0.25) is 0 Å². The van der Waals surface area contributed by atoms with E-state index in [1.165, 1.54) is 36.1 Å². The predicted octanol–water partition coefficient (Wildman–Crippen LogP) is 2.45. The summed E-state index contributed by atoms with van der Waals surface area (Å²) in [6, 6.07) is 0. The third kappa shape index (κ3) is 4.62. The second-order valence-corrected chi connectivity index (χ2v) is 37.6. The number of alkyl halides is 3. The summed E-state index contributed by atoms with van der Waals surface area (Å²) < 4.78 is 29.9. The Morgan fingerprint density at radius 1 is 1.14 bits per heavy atom. The van der Waals surface area contributed by atoms with Crippen molar-refractivity contribution in [3.63, 3.8) is 0 Å². The SMILES string of the molecule is F[C](F)(F)[Bi]([I])[I]. The van der Waals surface area contributed by atoms with Gasteiger partial charge in [-0.25, -0.2) is 0 Å². The molecular formula is CBiF3I2. The Kier molecular flexibility index (Phi) is 4.36. The monoisotopic (exact) mass is 532 g/mol. The summed E-state index contributed by atoms with van der Waals surface area (Å²) in [6.45, 7) is 0. The van der Waals surface area contributed by atoms with Crippen molar-refractivity contribution in [3.8, 4) is 0 Å². The van der Waals surface area contributed by atoms with Gasteiger partial charge in [-0.15, -0.1) is 0 Å². The van der Waals surface area contributed by atoms with Crippen LogP contribution >= 0.6 is 36.1 Å². The maximum atomic E-state index is 11.3. The molecule has 0 aliphatic rings. The summed E-state index contributed by atoms with van der Waals surface area (Å²) in [6.07, 6.45) is 0. The first-order chi connectivity index (χ1) is 2.94. The fourth-order valence-electron chi connectivity index (χ4n) is 0. The molecule has 0 saturated heterocycles. The summed E-state index contributed by atoms with van der Waals surface area (Å²) in [5, 5.41) is 0. The minimum absolute atomic E-state index is 1.51. The van der Waals surface area contributed by atoms with Crippen molar-refractivity contribution in [3.05, 3.63) is 0 Å². The van der Waals surface area contributed by atoms with E-state index < -0.39 is 17.3 Å². The van der Waals surface area contributed by atoms with Gasteiger partial charge < -0.3 is 0 Å². The molecule has 0 aromatic heterocycles. The van der Waals surface area contributed by atoms with Crippen molar-refractivity contribution in [1.29, 1.82) is 0 Å². The Morgan fingerprint density at radius 2 is 1.29 bits per heavy atom. The molecule has 0 aromatic rings. The number of halogens is 5. The summed E-state index contributed by atoms with van der Waals surface area (Å²) in [7, 11) is 0. The first-order valence-electron chi connectivity index (χ1n) is 1.13. The van der Waals surface area contributed by atoms with E-state index >= 15 is 0 Å². The number of hydrogen-bond acceptors (Lipinski definition) is 0. The van der Waals surface area contributed by atoms with Crippen LogP contribution in [0.3, 0.4) is 0 Å². The average molecular weight is 532 g/mol. The van der Waals surface area contributed by atoms with Crippen LogP contribution in [0.4, 0.5) is 13.2 Å². The molecule has 6 heteroatoms. The molecule has 0 amide bonds. The molecule has 0 N–H and O–H groups in total. The van der Waals surface area contributed by atoms with Gasteiger partial charge in [-0.05, 0) is 0 Å². The van der Waals surface area contributed by atoms with E-state index in [-0.39, 0.29) is 0 Å². The quantitative estimate of drug-likeness (QED) is 0.333. The third-order valence-electron chi connectivity index (χ3n) is 0.192. The zero-order valence-corrected chi connectivity index (χ0v) is 10.6. The first kappa shape index (κ1) is 9.13. The van der Waals surface area contributed by atoms with Crippen LogP contribution in [-0.2, 0) is 0 Å². The Bertz CT molecular complexity index is 58.4. The molecule has 0 nitrogen and oxygen atoms in total. The first-order valence-corrected chi connectivity index (χ1v) is 22.4. The Morgan fingerprint density at radius 3 is 1.29 bits per heavy atom. The number of rotatable bonds is 0. The maximum absolute atomic E-state index is 11.3. The molecule has 0 heterocycles. The van der Waals surface area contributed by atoms with E-state index in [0.29, 0.717) is 0 Å². The van der Waals surface area contributed by atoms with Crippen LogP contribution in [-0.4, -0.2) is 17.3 Å².